The van der Waals surface area contributed by atoms with Crippen LogP contribution in [0.1, 0.15) is 17.5 Å². The van der Waals surface area contributed by atoms with Crippen LogP contribution in [0.5, 0.6) is 0 Å². The number of hydrogen-bond acceptors (Lipinski definition) is 8. The van der Waals surface area contributed by atoms with E-state index in [1.54, 1.807) is 18.3 Å². The zero-order chi connectivity index (χ0) is 15.2. The molecule has 8 heteroatoms. The molecule has 0 saturated carbocycles. The second kappa shape index (κ2) is 7.60. The highest BCUT2D eigenvalue weighted by Gasteiger charge is 2.07. The van der Waals surface area contributed by atoms with Crippen LogP contribution in [0.4, 0.5) is 5.82 Å². The van der Waals surface area contributed by atoms with Gasteiger partial charge in [0.25, 0.3) is 0 Å². The van der Waals surface area contributed by atoms with E-state index in [0.29, 0.717) is 22.3 Å². The molecule has 0 amide bonds. The summed E-state index contributed by atoms with van der Waals surface area (Å²) in [5.41, 5.74) is 7.22. The Balaban J connectivity index is 2.01. The van der Waals surface area contributed by atoms with Gasteiger partial charge in [-0.25, -0.2) is 9.97 Å². The standard InChI is InChI=1S/C13H16N4O2S2/c1-19-12(18)8-3-4-9(15-6-8)7-21-13-16-10(14)5-11(17-13)20-2/h3-6,12,18H,7H2,1-2H3,(H2,14,16,17). The minimum absolute atomic E-state index is 0.461. The monoisotopic (exact) mass is 324 g/mol. The van der Waals surface area contributed by atoms with Crippen molar-refractivity contribution < 1.29 is 9.84 Å². The van der Waals surface area contributed by atoms with Gasteiger partial charge in [0, 0.05) is 30.7 Å². The lowest BCUT2D eigenvalue weighted by Gasteiger charge is -2.08. The van der Waals surface area contributed by atoms with Crippen molar-refractivity contribution >= 4 is 29.3 Å². The Kier molecular flexibility index (Phi) is 5.80. The lowest BCUT2D eigenvalue weighted by Crippen LogP contribution is -2.01. The van der Waals surface area contributed by atoms with Gasteiger partial charge in [0.1, 0.15) is 10.8 Å². The summed E-state index contributed by atoms with van der Waals surface area (Å²) in [5.74, 6) is 1.09. The number of anilines is 1. The number of methoxy groups -OCH3 is 1. The van der Waals surface area contributed by atoms with Crippen LogP contribution in [-0.2, 0) is 10.5 Å². The van der Waals surface area contributed by atoms with E-state index < -0.39 is 6.29 Å². The number of aromatic nitrogens is 3. The lowest BCUT2D eigenvalue weighted by atomic mass is 10.2. The van der Waals surface area contributed by atoms with E-state index in [9.17, 15) is 5.11 Å². The molecule has 0 radical (unpaired) electrons. The zero-order valence-electron chi connectivity index (χ0n) is 11.7. The molecule has 0 saturated heterocycles. The van der Waals surface area contributed by atoms with Crippen molar-refractivity contribution in [3.63, 3.8) is 0 Å². The van der Waals surface area contributed by atoms with Crippen molar-refractivity contribution in [2.45, 2.75) is 22.2 Å². The van der Waals surface area contributed by atoms with E-state index in [4.69, 9.17) is 10.5 Å². The van der Waals surface area contributed by atoms with Gasteiger partial charge in [-0.1, -0.05) is 17.8 Å². The Morgan fingerprint density at radius 1 is 1.38 bits per heavy atom. The maximum atomic E-state index is 9.51. The van der Waals surface area contributed by atoms with E-state index >= 15 is 0 Å². The van der Waals surface area contributed by atoms with E-state index in [1.165, 1.54) is 30.6 Å². The molecule has 0 bridgehead atoms. The van der Waals surface area contributed by atoms with Crippen LogP contribution >= 0.6 is 23.5 Å². The molecule has 21 heavy (non-hydrogen) atoms. The van der Waals surface area contributed by atoms with E-state index in [2.05, 4.69) is 15.0 Å². The van der Waals surface area contributed by atoms with Crippen molar-refractivity contribution in [2.24, 2.45) is 0 Å². The second-order valence-corrected chi connectivity index (χ2v) is 5.85. The molecule has 0 fully saturated rings. The van der Waals surface area contributed by atoms with Crippen molar-refractivity contribution in [1.82, 2.24) is 15.0 Å². The smallest absolute Gasteiger partial charge is 0.190 e. The topological polar surface area (TPSA) is 94.2 Å². The first-order valence-electron chi connectivity index (χ1n) is 6.09. The van der Waals surface area contributed by atoms with Crippen molar-refractivity contribution in [3.8, 4) is 0 Å². The third kappa shape index (κ3) is 4.57. The predicted molar refractivity (Wildman–Crippen MR) is 84.0 cm³/mol. The average Bonchev–Trinajstić information content (AvgIpc) is 2.52. The Morgan fingerprint density at radius 3 is 2.81 bits per heavy atom. The SMILES string of the molecule is COC(O)c1ccc(CSc2nc(N)cc(SC)n2)nc1. The summed E-state index contributed by atoms with van der Waals surface area (Å²) in [6, 6.07) is 5.37. The Morgan fingerprint density at radius 2 is 2.19 bits per heavy atom. The normalized spacial score (nSPS) is 12.3. The molecule has 3 N–H and O–H groups in total. The van der Waals surface area contributed by atoms with Crippen LogP contribution in [0.2, 0.25) is 0 Å². The molecule has 0 spiro atoms. The number of aliphatic hydroxyl groups excluding tert-OH is 1. The molecule has 2 aromatic rings. The third-order valence-corrected chi connectivity index (χ3v) is 4.12. The number of nitrogen functional groups attached to an aromatic ring is 1. The van der Waals surface area contributed by atoms with Gasteiger partial charge < -0.3 is 15.6 Å². The zero-order valence-corrected chi connectivity index (χ0v) is 13.3. The van der Waals surface area contributed by atoms with Gasteiger partial charge in [0.2, 0.25) is 0 Å². The number of pyridine rings is 1. The summed E-state index contributed by atoms with van der Waals surface area (Å²) in [6.45, 7) is 0. The first-order chi connectivity index (χ1) is 10.1. The van der Waals surface area contributed by atoms with Crippen molar-refractivity contribution in [2.75, 3.05) is 19.1 Å². The Labute approximate surface area is 131 Å². The number of hydrogen-bond donors (Lipinski definition) is 2. The molecular formula is C13H16N4O2S2. The minimum Gasteiger partial charge on any atom is -0.384 e. The number of rotatable bonds is 6. The van der Waals surface area contributed by atoms with Crippen LogP contribution in [0.25, 0.3) is 0 Å². The highest BCUT2D eigenvalue weighted by molar-refractivity contribution is 7.99. The first kappa shape index (κ1) is 16.0. The fourth-order valence-corrected chi connectivity index (χ4v) is 2.79. The van der Waals surface area contributed by atoms with E-state index in [0.717, 1.165) is 10.7 Å². The molecule has 6 nitrogen and oxygen atoms in total. The molecule has 2 heterocycles. The summed E-state index contributed by atoms with van der Waals surface area (Å²) in [4.78, 5) is 12.8. The van der Waals surface area contributed by atoms with Gasteiger partial charge in [0.05, 0.1) is 5.69 Å². The van der Waals surface area contributed by atoms with Crippen LogP contribution in [0.15, 0.2) is 34.6 Å². The Bertz CT molecular complexity index is 595. The van der Waals surface area contributed by atoms with Gasteiger partial charge >= 0.3 is 0 Å². The summed E-state index contributed by atoms with van der Waals surface area (Å²) >= 11 is 2.99. The molecule has 2 aromatic heterocycles. The quantitative estimate of drug-likeness (QED) is 0.361. The fraction of sp³-hybridized carbons (Fsp3) is 0.308. The van der Waals surface area contributed by atoms with Crippen molar-refractivity contribution in [3.05, 3.63) is 35.7 Å². The maximum Gasteiger partial charge on any atom is 0.190 e. The molecule has 0 aliphatic rings. The number of aliphatic hydroxyl groups is 1. The van der Waals surface area contributed by atoms with Gasteiger partial charge in [-0.3, -0.25) is 4.98 Å². The van der Waals surface area contributed by atoms with Crippen LogP contribution in [-0.4, -0.2) is 33.4 Å². The second-order valence-electron chi connectivity index (χ2n) is 4.08. The highest BCUT2D eigenvalue weighted by atomic mass is 32.2. The van der Waals surface area contributed by atoms with Gasteiger partial charge in [-0.05, 0) is 12.3 Å². The van der Waals surface area contributed by atoms with Crippen LogP contribution < -0.4 is 5.73 Å². The van der Waals surface area contributed by atoms with Crippen LogP contribution in [0, 0.1) is 0 Å². The molecule has 0 aliphatic heterocycles. The molecule has 1 unspecified atom stereocenters. The molecule has 1 atom stereocenters. The third-order valence-electron chi connectivity index (χ3n) is 2.62. The summed E-state index contributed by atoms with van der Waals surface area (Å²) < 4.78 is 4.82. The number of thioether (sulfide) groups is 2. The maximum absolute atomic E-state index is 9.51. The number of ether oxygens (including phenoxy) is 1. The lowest BCUT2D eigenvalue weighted by molar-refractivity contribution is -0.0771. The van der Waals surface area contributed by atoms with Gasteiger partial charge in [-0.2, -0.15) is 0 Å². The van der Waals surface area contributed by atoms with E-state index in [-0.39, 0.29) is 0 Å². The van der Waals surface area contributed by atoms with E-state index in [1.807, 2.05) is 12.3 Å². The number of nitrogens with two attached hydrogens (primary N) is 1. The summed E-state index contributed by atoms with van der Waals surface area (Å²) in [7, 11) is 1.44. The minimum atomic E-state index is -0.944. The molecule has 112 valence electrons. The van der Waals surface area contributed by atoms with Gasteiger partial charge in [0.15, 0.2) is 11.4 Å². The highest BCUT2D eigenvalue weighted by Crippen LogP contribution is 2.23. The Hall–Kier alpha value is -1.35. The van der Waals surface area contributed by atoms with Crippen LogP contribution in [0.3, 0.4) is 0 Å². The summed E-state index contributed by atoms with van der Waals surface area (Å²) in [6.07, 6.45) is 2.59. The predicted octanol–water partition coefficient (Wildman–Crippen LogP) is 2.11. The summed E-state index contributed by atoms with van der Waals surface area (Å²) in [5, 5.41) is 11.0. The average molecular weight is 324 g/mol. The van der Waals surface area contributed by atoms with Gasteiger partial charge in [-0.15, -0.1) is 11.8 Å². The molecule has 0 aromatic carbocycles. The first-order valence-corrected chi connectivity index (χ1v) is 8.30. The molecule has 2 rings (SSSR count). The largest absolute Gasteiger partial charge is 0.384 e. The molecular weight excluding hydrogens is 308 g/mol. The fourth-order valence-electron chi connectivity index (χ4n) is 1.53. The molecule has 0 aliphatic carbocycles. The number of nitrogens with zero attached hydrogens (tertiary/aromatic N) is 3. The van der Waals surface area contributed by atoms with Crippen molar-refractivity contribution in [1.29, 1.82) is 0 Å².